The number of aliphatic hydroxyl groups is 1. The lowest BCUT2D eigenvalue weighted by atomic mass is 10.1. The van der Waals surface area contributed by atoms with Crippen LogP contribution in [0.1, 0.15) is 12.8 Å². The molecule has 29 heavy (non-hydrogen) atoms. The Morgan fingerprint density at radius 3 is 2.03 bits per heavy atom. The second kappa shape index (κ2) is 8.14. The van der Waals surface area contributed by atoms with Crippen LogP contribution in [0.15, 0.2) is 59.9 Å². The number of alkyl halides is 3. The van der Waals surface area contributed by atoms with Crippen molar-refractivity contribution in [1.82, 2.24) is 0 Å². The van der Waals surface area contributed by atoms with Gasteiger partial charge in [0.05, 0.1) is 0 Å². The van der Waals surface area contributed by atoms with E-state index in [2.05, 4.69) is 10.1 Å². The zero-order valence-corrected chi connectivity index (χ0v) is 14.9. The van der Waals surface area contributed by atoms with Crippen LogP contribution in [0.4, 0.5) is 18.9 Å². The summed E-state index contributed by atoms with van der Waals surface area (Å²) in [5, 5.41) is 21.5. The number of halogens is 3. The molecule has 0 saturated heterocycles. The average Bonchev–Trinajstić information content (AvgIpc) is 3.49. The lowest BCUT2D eigenvalue weighted by molar-refractivity contribution is -0.274. The largest absolute Gasteiger partial charge is 0.573 e. The van der Waals surface area contributed by atoms with Crippen molar-refractivity contribution < 1.29 is 32.5 Å². The molecular formula is C20H15F3N2O4. The molecular weight excluding hydrogens is 389 g/mol. The first-order valence-electron chi connectivity index (χ1n) is 8.53. The van der Waals surface area contributed by atoms with E-state index in [1.165, 1.54) is 36.4 Å². The van der Waals surface area contributed by atoms with Crippen LogP contribution in [0, 0.1) is 17.2 Å². The van der Waals surface area contributed by atoms with E-state index in [9.17, 15) is 23.1 Å². The molecule has 0 bridgehead atoms. The molecule has 1 aliphatic rings. The summed E-state index contributed by atoms with van der Waals surface area (Å²) < 4.78 is 45.8. The second-order valence-electron chi connectivity index (χ2n) is 6.25. The Balaban J connectivity index is 1.61. The number of rotatable bonds is 6. The molecule has 0 atom stereocenters. The summed E-state index contributed by atoms with van der Waals surface area (Å²) in [6, 6.07) is 12.7. The Kier molecular flexibility index (Phi) is 5.64. The number of carbonyl (C=O) groups excluding carboxylic acids is 1. The van der Waals surface area contributed by atoms with Gasteiger partial charge in [-0.05, 0) is 61.4 Å². The van der Waals surface area contributed by atoms with Gasteiger partial charge in [-0.3, -0.25) is 4.79 Å². The topological polar surface area (TPSA) is 91.6 Å². The lowest BCUT2D eigenvalue weighted by Gasteiger charge is -2.10. The van der Waals surface area contributed by atoms with Crippen molar-refractivity contribution >= 4 is 11.6 Å². The monoisotopic (exact) mass is 404 g/mol. The molecule has 3 rings (SSSR count). The van der Waals surface area contributed by atoms with Gasteiger partial charge in [0.2, 0.25) is 0 Å². The minimum absolute atomic E-state index is 0.126. The first kappa shape index (κ1) is 20.1. The SMILES string of the molecule is N#C/C(C(=O)Nc1ccc(Oc2ccc(OC(F)(F)F)cc2)cc1)=C(/O)C1CC1. The van der Waals surface area contributed by atoms with E-state index in [0.29, 0.717) is 17.2 Å². The molecule has 2 aromatic rings. The molecule has 150 valence electrons. The van der Waals surface area contributed by atoms with Crippen LogP contribution in [0.3, 0.4) is 0 Å². The molecule has 0 unspecified atom stereocenters. The van der Waals surface area contributed by atoms with Gasteiger partial charge in [-0.2, -0.15) is 5.26 Å². The Bertz CT molecular complexity index is 957. The molecule has 6 nitrogen and oxygen atoms in total. The van der Waals surface area contributed by atoms with Crippen molar-refractivity contribution in [1.29, 1.82) is 5.26 Å². The van der Waals surface area contributed by atoms with Crippen molar-refractivity contribution in [3.05, 3.63) is 59.9 Å². The molecule has 9 heteroatoms. The van der Waals surface area contributed by atoms with E-state index < -0.39 is 12.3 Å². The predicted octanol–water partition coefficient (Wildman–Crippen LogP) is 5.06. The maximum absolute atomic E-state index is 12.2. The van der Waals surface area contributed by atoms with Crippen molar-refractivity contribution in [2.75, 3.05) is 5.32 Å². The van der Waals surface area contributed by atoms with E-state index in [-0.39, 0.29) is 23.0 Å². The van der Waals surface area contributed by atoms with Gasteiger partial charge >= 0.3 is 6.36 Å². The number of anilines is 1. The molecule has 2 aromatic carbocycles. The van der Waals surface area contributed by atoms with Gasteiger partial charge in [-0.15, -0.1) is 13.2 Å². The van der Waals surface area contributed by atoms with E-state index in [1.54, 1.807) is 6.07 Å². The fourth-order valence-electron chi connectivity index (χ4n) is 2.43. The third-order valence-electron chi connectivity index (χ3n) is 3.96. The van der Waals surface area contributed by atoms with Crippen LogP contribution < -0.4 is 14.8 Å². The fraction of sp³-hybridized carbons (Fsp3) is 0.200. The standard InChI is InChI=1S/C20H15F3N2O4/c21-20(22,23)29-16-9-7-15(8-10-16)28-14-5-3-13(4-6-14)25-19(27)17(11-24)18(26)12-1-2-12/h3-10,12,26H,1-2H2,(H,25,27)/b18-17-. The summed E-state index contributed by atoms with van der Waals surface area (Å²) >= 11 is 0. The van der Waals surface area contributed by atoms with Gasteiger partial charge in [0.1, 0.15) is 29.1 Å². The number of nitrogens with zero attached hydrogens (tertiary/aromatic N) is 1. The summed E-state index contributed by atoms with van der Waals surface area (Å²) in [5.74, 6) is -0.712. The van der Waals surface area contributed by atoms with Crippen LogP contribution in [0.2, 0.25) is 0 Å². The quantitative estimate of drug-likeness (QED) is 0.399. The zero-order chi connectivity index (χ0) is 21.0. The minimum atomic E-state index is -4.77. The molecule has 0 aliphatic heterocycles. The number of aliphatic hydroxyl groups excluding tert-OH is 1. The Labute approximate surface area is 163 Å². The number of benzene rings is 2. The van der Waals surface area contributed by atoms with Gasteiger partial charge in [0, 0.05) is 11.6 Å². The number of hydrogen-bond donors (Lipinski definition) is 2. The van der Waals surface area contributed by atoms with E-state index in [0.717, 1.165) is 25.0 Å². The maximum atomic E-state index is 12.2. The molecule has 0 heterocycles. The van der Waals surface area contributed by atoms with E-state index >= 15 is 0 Å². The molecule has 1 fully saturated rings. The number of nitriles is 1. The first-order chi connectivity index (χ1) is 13.7. The second-order valence-corrected chi connectivity index (χ2v) is 6.25. The molecule has 0 radical (unpaired) electrons. The van der Waals surface area contributed by atoms with Crippen molar-refractivity contribution in [3.63, 3.8) is 0 Å². The van der Waals surface area contributed by atoms with E-state index in [1.807, 2.05) is 0 Å². The maximum Gasteiger partial charge on any atom is 0.573 e. The predicted molar refractivity (Wildman–Crippen MR) is 96.3 cm³/mol. The zero-order valence-electron chi connectivity index (χ0n) is 14.9. The summed E-state index contributed by atoms with van der Waals surface area (Å²) in [4.78, 5) is 12.1. The van der Waals surface area contributed by atoms with Crippen molar-refractivity contribution in [2.24, 2.45) is 5.92 Å². The number of ether oxygens (including phenoxy) is 2. The smallest absolute Gasteiger partial charge is 0.510 e. The lowest BCUT2D eigenvalue weighted by Crippen LogP contribution is -2.16. The van der Waals surface area contributed by atoms with Crippen LogP contribution in [0.25, 0.3) is 0 Å². The molecule has 1 saturated carbocycles. The van der Waals surface area contributed by atoms with Gasteiger partial charge in [-0.25, -0.2) is 0 Å². The van der Waals surface area contributed by atoms with Crippen LogP contribution >= 0.6 is 0 Å². The van der Waals surface area contributed by atoms with Gasteiger partial charge in [0.15, 0.2) is 5.57 Å². The number of allylic oxidation sites excluding steroid dienone is 1. The molecule has 0 aromatic heterocycles. The Morgan fingerprint density at radius 2 is 1.55 bits per heavy atom. The average molecular weight is 404 g/mol. The van der Waals surface area contributed by atoms with Crippen molar-refractivity contribution in [3.8, 4) is 23.3 Å². The van der Waals surface area contributed by atoms with Crippen molar-refractivity contribution in [2.45, 2.75) is 19.2 Å². The van der Waals surface area contributed by atoms with E-state index in [4.69, 9.17) is 10.00 Å². The van der Waals surface area contributed by atoms with Crippen LogP contribution in [0.5, 0.6) is 17.2 Å². The number of hydrogen-bond acceptors (Lipinski definition) is 5. The molecule has 2 N–H and O–H groups in total. The summed E-state index contributed by atoms with van der Waals surface area (Å²) in [6.07, 6.45) is -3.27. The third kappa shape index (κ3) is 5.65. The van der Waals surface area contributed by atoms with Gasteiger partial charge in [-0.1, -0.05) is 0 Å². The van der Waals surface area contributed by atoms with Crippen LogP contribution in [-0.2, 0) is 4.79 Å². The Hall–Kier alpha value is -3.67. The number of carbonyl (C=O) groups is 1. The highest BCUT2D eigenvalue weighted by atomic mass is 19.4. The number of nitrogens with one attached hydrogen (secondary N) is 1. The van der Waals surface area contributed by atoms with Gasteiger partial charge < -0.3 is 19.9 Å². The molecule has 1 aliphatic carbocycles. The highest BCUT2D eigenvalue weighted by Gasteiger charge is 2.31. The summed E-state index contributed by atoms with van der Waals surface area (Å²) in [6.45, 7) is 0. The highest BCUT2D eigenvalue weighted by molar-refractivity contribution is 6.07. The molecule has 0 spiro atoms. The summed E-state index contributed by atoms with van der Waals surface area (Å²) in [5.41, 5.74) is 0.0709. The fourth-order valence-corrected chi connectivity index (χ4v) is 2.43. The van der Waals surface area contributed by atoms with Crippen LogP contribution in [-0.4, -0.2) is 17.4 Å². The highest BCUT2D eigenvalue weighted by Crippen LogP contribution is 2.36. The number of amides is 1. The normalized spacial score (nSPS) is 14.4. The molecule has 1 amide bonds. The first-order valence-corrected chi connectivity index (χ1v) is 8.53. The summed E-state index contributed by atoms with van der Waals surface area (Å²) in [7, 11) is 0. The van der Waals surface area contributed by atoms with Gasteiger partial charge in [0.25, 0.3) is 5.91 Å². The third-order valence-corrected chi connectivity index (χ3v) is 3.96. The minimum Gasteiger partial charge on any atom is -0.510 e. The Morgan fingerprint density at radius 1 is 1.03 bits per heavy atom.